The van der Waals surface area contributed by atoms with Gasteiger partial charge in [0.05, 0.1) is 5.56 Å². The maximum atomic E-state index is 12.7. The summed E-state index contributed by atoms with van der Waals surface area (Å²) >= 11 is 5.93. The van der Waals surface area contributed by atoms with Gasteiger partial charge >= 0.3 is 5.97 Å². The number of hydrogen-bond donors (Lipinski definition) is 1. The van der Waals surface area contributed by atoms with E-state index in [4.69, 9.17) is 21.4 Å². The van der Waals surface area contributed by atoms with Gasteiger partial charge in [0.25, 0.3) is 5.91 Å². The molecule has 2 aromatic rings. The number of hydrogen-bond acceptors (Lipinski definition) is 3. The van der Waals surface area contributed by atoms with Crippen LogP contribution in [0.1, 0.15) is 28.4 Å². The minimum absolute atomic E-state index is 0.133. The van der Waals surface area contributed by atoms with Crippen LogP contribution in [0.25, 0.3) is 0 Å². The average molecular weight is 360 g/mol. The molecule has 1 aliphatic heterocycles. The number of fused-ring (bicyclic) bond motifs is 1. The fourth-order valence-corrected chi connectivity index (χ4v) is 3.11. The fraction of sp³-hybridized carbons (Fsp3) is 0.263. The van der Waals surface area contributed by atoms with Crippen LogP contribution >= 0.6 is 11.6 Å². The van der Waals surface area contributed by atoms with Gasteiger partial charge in [-0.1, -0.05) is 23.7 Å². The Morgan fingerprint density at radius 2 is 2.00 bits per heavy atom. The maximum Gasteiger partial charge on any atom is 0.335 e. The number of benzene rings is 2. The molecule has 0 saturated heterocycles. The number of carboxylic acid groups (broad SMARTS) is 1. The molecular weight excluding hydrogens is 342 g/mol. The number of carbonyl (C=O) groups is 2. The monoisotopic (exact) mass is 359 g/mol. The van der Waals surface area contributed by atoms with Crippen LogP contribution in [0.5, 0.6) is 5.75 Å². The highest BCUT2D eigenvalue weighted by molar-refractivity contribution is 6.30. The van der Waals surface area contributed by atoms with Gasteiger partial charge in [-0.05, 0) is 54.8 Å². The van der Waals surface area contributed by atoms with Crippen LogP contribution in [-0.4, -0.2) is 34.5 Å². The van der Waals surface area contributed by atoms with Crippen molar-refractivity contribution in [2.45, 2.75) is 26.0 Å². The first-order chi connectivity index (χ1) is 11.9. The smallest absolute Gasteiger partial charge is 0.335 e. The summed E-state index contributed by atoms with van der Waals surface area (Å²) in [5.74, 6) is -0.561. The first kappa shape index (κ1) is 17.3. The lowest BCUT2D eigenvalue weighted by atomic mass is 9.97. The number of carboxylic acids is 1. The molecule has 3 rings (SSSR count). The third-order valence-electron chi connectivity index (χ3n) is 4.23. The lowest BCUT2D eigenvalue weighted by Crippen LogP contribution is -2.43. The number of rotatable bonds is 4. The summed E-state index contributed by atoms with van der Waals surface area (Å²) in [6.07, 6.45) is 0.0490. The Kier molecular flexibility index (Phi) is 4.95. The van der Waals surface area contributed by atoms with E-state index in [2.05, 4.69) is 0 Å². The van der Waals surface area contributed by atoms with Crippen LogP contribution in [0.15, 0.2) is 42.5 Å². The van der Waals surface area contributed by atoms with Gasteiger partial charge in [-0.3, -0.25) is 4.79 Å². The number of nitrogens with zero attached hydrogens (tertiary/aromatic N) is 1. The summed E-state index contributed by atoms with van der Waals surface area (Å²) in [5.41, 5.74) is 2.18. The standard InChI is InChI=1S/C19H18ClNO4/c1-12(25-17-4-2-3-16(20)10-17)18(22)21-8-7-13-5-6-14(19(23)24)9-15(13)11-21/h2-6,9-10,12H,7-8,11H2,1H3,(H,23,24). The summed E-state index contributed by atoms with van der Waals surface area (Å²) in [7, 11) is 0. The Labute approximate surface area is 150 Å². The molecule has 1 unspecified atom stereocenters. The lowest BCUT2D eigenvalue weighted by Gasteiger charge is -2.31. The van der Waals surface area contributed by atoms with Crippen molar-refractivity contribution >= 4 is 23.5 Å². The fourth-order valence-electron chi connectivity index (χ4n) is 2.93. The van der Waals surface area contributed by atoms with Gasteiger partial charge in [-0.25, -0.2) is 4.79 Å². The normalized spacial score (nSPS) is 14.6. The molecule has 0 fully saturated rings. The molecule has 1 aliphatic rings. The number of carbonyl (C=O) groups excluding carboxylic acids is 1. The molecule has 0 aromatic heterocycles. The van der Waals surface area contributed by atoms with Crippen LogP contribution in [0.3, 0.4) is 0 Å². The highest BCUT2D eigenvalue weighted by atomic mass is 35.5. The highest BCUT2D eigenvalue weighted by Crippen LogP contribution is 2.23. The summed E-state index contributed by atoms with van der Waals surface area (Å²) < 4.78 is 5.69. The number of aromatic carboxylic acids is 1. The highest BCUT2D eigenvalue weighted by Gasteiger charge is 2.26. The second kappa shape index (κ2) is 7.15. The Morgan fingerprint density at radius 3 is 2.72 bits per heavy atom. The van der Waals surface area contributed by atoms with E-state index in [-0.39, 0.29) is 11.5 Å². The lowest BCUT2D eigenvalue weighted by molar-refractivity contribution is -0.138. The summed E-state index contributed by atoms with van der Waals surface area (Å²) in [5, 5.41) is 9.67. The minimum Gasteiger partial charge on any atom is -0.481 e. The molecule has 1 N–H and O–H groups in total. The molecule has 0 saturated carbocycles. The van der Waals surface area contributed by atoms with Gasteiger partial charge in [0.15, 0.2) is 6.10 Å². The van der Waals surface area contributed by atoms with E-state index in [0.717, 1.165) is 11.1 Å². The number of halogens is 1. The predicted molar refractivity (Wildman–Crippen MR) is 94.1 cm³/mol. The van der Waals surface area contributed by atoms with Gasteiger partial charge in [-0.2, -0.15) is 0 Å². The maximum absolute atomic E-state index is 12.7. The summed E-state index contributed by atoms with van der Waals surface area (Å²) in [6, 6.07) is 12.0. The second-order valence-corrected chi connectivity index (χ2v) is 6.45. The van der Waals surface area contributed by atoms with E-state index in [0.29, 0.717) is 30.3 Å². The molecule has 2 aromatic carbocycles. The van der Waals surface area contributed by atoms with Gasteiger partial charge in [0, 0.05) is 18.1 Å². The number of amides is 1. The molecule has 6 heteroatoms. The van der Waals surface area contributed by atoms with Crippen molar-refractivity contribution in [3.63, 3.8) is 0 Å². The third-order valence-corrected chi connectivity index (χ3v) is 4.47. The SMILES string of the molecule is CC(Oc1cccc(Cl)c1)C(=O)N1CCc2ccc(C(=O)O)cc2C1. The van der Waals surface area contributed by atoms with E-state index in [1.54, 1.807) is 48.2 Å². The molecule has 1 atom stereocenters. The zero-order valence-corrected chi connectivity index (χ0v) is 14.5. The summed E-state index contributed by atoms with van der Waals surface area (Å²) in [6.45, 7) is 2.67. The molecular formula is C19H18ClNO4. The van der Waals surface area contributed by atoms with Crippen molar-refractivity contribution in [3.8, 4) is 5.75 Å². The molecule has 25 heavy (non-hydrogen) atoms. The van der Waals surface area contributed by atoms with Gasteiger partial charge in [0.2, 0.25) is 0 Å². The molecule has 0 spiro atoms. The van der Waals surface area contributed by atoms with Crippen LogP contribution in [0.2, 0.25) is 5.02 Å². The van der Waals surface area contributed by atoms with E-state index in [1.165, 1.54) is 0 Å². The Bertz CT molecular complexity index is 821. The Balaban J connectivity index is 1.71. The molecule has 1 heterocycles. The molecule has 0 radical (unpaired) electrons. The Hall–Kier alpha value is -2.53. The van der Waals surface area contributed by atoms with Gasteiger partial charge in [-0.15, -0.1) is 0 Å². The topological polar surface area (TPSA) is 66.8 Å². The van der Waals surface area contributed by atoms with Gasteiger partial charge < -0.3 is 14.7 Å². The minimum atomic E-state index is -0.969. The zero-order valence-electron chi connectivity index (χ0n) is 13.7. The largest absolute Gasteiger partial charge is 0.481 e. The van der Waals surface area contributed by atoms with E-state index < -0.39 is 12.1 Å². The van der Waals surface area contributed by atoms with Crippen LogP contribution in [0, 0.1) is 0 Å². The summed E-state index contributed by atoms with van der Waals surface area (Å²) in [4.78, 5) is 25.5. The molecule has 1 amide bonds. The first-order valence-corrected chi connectivity index (χ1v) is 8.38. The quantitative estimate of drug-likeness (QED) is 0.908. The molecule has 0 aliphatic carbocycles. The van der Waals surface area contributed by atoms with Crippen LogP contribution in [0.4, 0.5) is 0 Å². The molecule has 130 valence electrons. The van der Waals surface area contributed by atoms with Gasteiger partial charge in [0.1, 0.15) is 5.75 Å². The first-order valence-electron chi connectivity index (χ1n) is 8.00. The van der Waals surface area contributed by atoms with E-state index >= 15 is 0 Å². The third kappa shape index (κ3) is 3.94. The Morgan fingerprint density at radius 1 is 1.20 bits per heavy atom. The molecule has 5 nitrogen and oxygen atoms in total. The number of ether oxygens (including phenoxy) is 1. The van der Waals surface area contributed by atoms with Crippen LogP contribution in [-0.2, 0) is 17.8 Å². The van der Waals surface area contributed by atoms with Crippen molar-refractivity contribution in [2.75, 3.05) is 6.54 Å². The molecule has 0 bridgehead atoms. The van der Waals surface area contributed by atoms with Crippen molar-refractivity contribution in [1.82, 2.24) is 4.90 Å². The van der Waals surface area contributed by atoms with Crippen molar-refractivity contribution in [2.24, 2.45) is 0 Å². The second-order valence-electron chi connectivity index (χ2n) is 6.02. The van der Waals surface area contributed by atoms with Crippen molar-refractivity contribution in [1.29, 1.82) is 0 Å². The van der Waals surface area contributed by atoms with E-state index in [1.807, 2.05) is 6.07 Å². The van der Waals surface area contributed by atoms with E-state index in [9.17, 15) is 9.59 Å². The van der Waals surface area contributed by atoms with Crippen molar-refractivity contribution < 1.29 is 19.4 Å². The van der Waals surface area contributed by atoms with Crippen LogP contribution < -0.4 is 4.74 Å². The predicted octanol–water partition coefficient (Wildman–Crippen LogP) is 3.39. The average Bonchev–Trinajstić information content (AvgIpc) is 2.60. The van der Waals surface area contributed by atoms with Crippen molar-refractivity contribution in [3.05, 3.63) is 64.2 Å². The zero-order chi connectivity index (χ0) is 18.0.